The molecule has 0 aliphatic carbocycles. The number of carbonyl (C=O) groups excluding carboxylic acids is 2. The molecule has 0 fully saturated rings. The lowest BCUT2D eigenvalue weighted by molar-refractivity contribution is 0.112. The van der Waals surface area contributed by atoms with Crippen LogP contribution in [0, 0.1) is 18.3 Å². The van der Waals surface area contributed by atoms with Crippen LogP contribution in [0.1, 0.15) is 31.8 Å². The van der Waals surface area contributed by atoms with Crippen molar-refractivity contribution in [3.05, 3.63) is 34.4 Å². The highest BCUT2D eigenvalue weighted by atomic mass is 16.1. The summed E-state index contributed by atoms with van der Waals surface area (Å²) in [4.78, 5) is 21.0. The largest absolute Gasteiger partial charge is 0.298 e. The first-order valence-electron chi connectivity index (χ1n) is 3.68. The van der Waals surface area contributed by atoms with Gasteiger partial charge in [0.05, 0.1) is 5.56 Å². The van der Waals surface area contributed by atoms with Crippen molar-refractivity contribution in [1.29, 1.82) is 5.26 Å². The molecule has 0 radical (unpaired) electrons. The Morgan fingerprint density at radius 1 is 1.31 bits per heavy atom. The molecular formula is C10H7NO2. The Bertz CT molecular complexity index is 402. The van der Waals surface area contributed by atoms with Crippen LogP contribution in [0.5, 0.6) is 0 Å². The van der Waals surface area contributed by atoms with E-state index < -0.39 is 0 Å². The second-order valence-corrected chi connectivity index (χ2v) is 2.65. The van der Waals surface area contributed by atoms with Gasteiger partial charge < -0.3 is 0 Å². The highest BCUT2D eigenvalue weighted by Gasteiger charge is 2.06. The zero-order valence-corrected chi connectivity index (χ0v) is 7.07. The van der Waals surface area contributed by atoms with E-state index in [2.05, 4.69) is 0 Å². The molecule has 0 aliphatic heterocycles. The molecule has 1 rings (SSSR count). The first-order valence-corrected chi connectivity index (χ1v) is 3.68. The number of hydrogen-bond donors (Lipinski definition) is 0. The van der Waals surface area contributed by atoms with Gasteiger partial charge in [0.15, 0.2) is 6.29 Å². The van der Waals surface area contributed by atoms with Gasteiger partial charge in [-0.2, -0.15) is 5.26 Å². The molecule has 1 aromatic carbocycles. The third-order valence-corrected chi connectivity index (χ3v) is 1.76. The zero-order valence-electron chi connectivity index (χ0n) is 7.07. The van der Waals surface area contributed by atoms with Crippen LogP contribution in [0.4, 0.5) is 0 Å². The summed E-state index contributed by atoms with van der Waals surface area (Å²) in [6, 6.07) is 4.91. The third-order valence-electron chi connectivity index (χ3n) is 1.76. The lowest BCUT2D eigenvalue weighted by atomic mass is 10.0. The quantitative estimate of drug-likeness (QED) is 0.636. The molecule has 0 spiro atoms. The highest BCUT2D eigenvalue weighted by molar-refractivity contribution is 5.85. The average Bonchev–Trinajstić information content (AvgIpc) is 2.16. The summed E-state index contributed by atoms with van der Waals surface area (Å²) in [5, 5.41) is 8.70. The molecule has 0 saturated carbocycles. The molecule has 0 atom stereocenters. The number of hydrogen-bond acceptors (Lipinski definition) is 3. The van der Waals surface area contributed by atoms with Crippen LogP contribution in [-0.2, 0) is 0 Å². The van der Waals surface area contributed by atoms with Crippen LogP contribution in [0.3, 0.4) is 0 Å². The van der Waals surface area contributed by atoms with E-state index in [9.17, 15) is 9.59 Å². The van der Waals surface area contributed by atoms with E-state index in [-0.39, 0.29) is 5.56 Å². The number of rotatable bonds is 2. The van der Waals surface area contributed by atoms with Crippen molar-refractivity contribution in [2.75, 3.05) is 0 Å². The number of nitrogens with zero attached hydrogens (tertiary/aromatic N) is 1. The lowest BCUT2D eigenvalue weighted by Crippen LogP contribution is -1.94. The number of aryl methyl sites for hydroxylation is 1. The predicted molar refractivity (Wildman–Crippen MR) is 46.7 cm³/mol. The van der Waals surface area contributed by atoms with E-state index in [4.69, 9.17) is 5.26 Å². The van der Waals surface area contributed by atoms with E-state index in [1.54, 1.807) is 13.0 Å². The van der Waals surface area contributed by atoms with Gasteiger partial charge in [-0.3, -0.25) is 9.59 Å². The molecule has 0 heterocycles. The van der Waals surface area contributed by atoms with Crippen LogP contribution in [-0.4, -0.2) is 12.6 Å². The molecule has 64 valence electrons. The minimum Gasteiger partial charge on any atom is -0.298 e. The lowest BCUT2D eigenvalue weighted by Gasteiger charge is -2.01. The van der Waals surface area contributed by atoms with Crippen molar-refractivity contribution < 1.29 is 9.59 Å². The average molecular weight is 173 g/mol. The van der Waals surface area contributed by atoms with Crippen molar-refractivity contribution in [2.45, 2.75) is 6.92 Å². The second kappa shape index (κ2) is 3.63. The molecular weight excluding hydrogens is 166 g/mol. The minimum atomic E-state index is 0.268. The standard InChI is InChI=1S/C10H7NO2/c1-7-2-8(5-12)3-9(6-13)10(7)4-11/h2-3,5-6H,1H3. The fourth-order valence-electron chi connectivity index (χ4n) is 1.16. The van der Waals surface area contributed by atoms with E-state index in [0.717, 1.165) is 0 Å². The monoisotopic (exact) mass is 173 g/mol. The highest BCUT2D eigenvalue weighted by Crippen LogP contribution is 2.13. The summed E-state index contributed by atoms with van der Waals surface area (Å²) >= 11 is 0. The Morgan fingerprint density at radius 2 is 2.00 bits per heavy atom. The molecule has 0 aliphatic rings. The first kappa shape index (κ1) is 9.14. The fourth-order valence-corrected chi connectivity index (χ4v) is 1.16. The van der Waals surface area contributed by atoms with Crippen molar-refractivity contribution in [2.24, 2.45) is 0 Å². The number of carbonyl (C=O) groups is 2. The van der Waals surface area contributed by atoms with Crippen LogP contribution in [0.2, 0.25) is 0 Å². The van der Waals surface area contributed by atoms with Gasteiger partial charge >= 0.3 is 0 Å². The zero-order chi connectivity index (χ0) is 9.84. The van der Waals surface area contributed by atoms with Crippen LogP contribution in [0.15, 0.2) is 12.1 Å². The molecule has 1 aromatic rings. The van der Waals surface area contributed by atoms with Gasteiger partial charge in [-0.15, -0.1) is 0 Å². The smallest absolute Gasteiger partial charge is 0.151 e. The number of nitriles is 1. The Hall–Kier alpha value is -1.95. The summed E-state index contributed by atoms with van der Waals surface area (Å²) in [6.45, 7) is 1.69. The molecule has 3 heteroatoms. The molecule has 0 saturated heterocycles. The molecule has 0 aromatic heterocycles. The predicted octanol–water partition coefficient (Wildman–Crippen LogP) is 1.49. The van der Waals surface area contributed by atoms with Crippen LogP contribution >= 0.6 is 0 Å². The van der Waals surface area contributed by atoms with E-state index in [1.165, 1.54) is 6.07 Å². The molecule has 0 amide bonds. The summed E-state index contributed by atoms with van der Waals surface area (Å²) < 4.78 is 0. The second-order valence-electron chi connectivity index (χ2n) is 2.65. The van der Waals surface area contributed by atoms with Crippen LogP contribution < -0.4 is 0 Å². The molecule has 0 unspecified atom stereocenters. The van der Waals surface area contributed by atoms with Gasteiger partial charge in [0.25, 0.3) is 0 Å². The Morgan fingerprint density at radius 3 is 2.46 bits per heavy atom. The van der Waals surface area contributed by atoms with Crippen molar-refractivity contribution >= 4 is 12.6 Å². The molecule has 13 heavy (non-hydrogen) atoms. The van der Waals surface area contributed by atoms with Gasteiger partial charge in [-0.25, -0.2) is 0 Å². The van der Waals surface area contributed by atoms with Crippen molar-refractivity contribution in [1.82, 2.24) is 0 Å². The van der Waals surface area contributed by atoms with Crippen molar-refractivity contribution in [3.8, 4) is 6.07 Å². The SMILES string of the molecule is Cc1cc(C=O)cc(C=O)c1C#N. The summed E-state index contributed by atoms with van der Waals surface area (Å²) in [7, 11) is 0. The topological polar surface area (TPSA) is 57.9 Å². The Labute approximate surface area is 75.6 Å². The molecule has 0 bridgehead atoms. The van der Waals surface area contributed by atoms with E-state index >= 15 is 0 Å². The summed E-state index contributed by atoms with van der Waals surface area (Å²) in [5.74, 6) is 0. The number of aldehydes is 2. The molecule has 0 N–H and O–H groups in total. The van der Waals surface area contributed by atoms with Gasteiger partial charge in [0.2, 0.25) is 0 Å². The normalized spacial score (nSPS) is 8.92. The summed E-state index contributed by atoms with van der Waals surface area (Å²) in [6.07, 6.45) is 1.24. The third kappa shape index (κ3) is 1.62. The van der Waals surface area contributed by atoms with E-state index in [1.807, 2.05) is 6.07 Å². The van der Waals surface area contributed by atoms with Crippen LogP contribution in [0.25, 0.3) is 0 Å². The van der Waals surface area contributed by atoms with Crippen molar-refractivity contribution in [3.63, 3.8) is 0 Å². The number of benzene rings is 1. The summed E-state index contributed by atoms with van der Waals surface area (Å²) in [5.41, 5.74) is 1.66. The van der Waals surface area contributed by atoms with Gasteiger partial charge in [0, 0.05) is 11.1 Å². The first-order chi connectivity index (χ1) is 6.22. The van der Waals surface area contributed by atoms with Gasteiger partial charge in [-0.05, 0) is 24.6 Å². The maximum absolute atomic E-state index is 10.5. The minimum absolute atomic E-state index is 0.268. The van der Waals surface area contributed by atoms with Gasteiger partial charge in [0.1, 0.15) is 12.4 Å². The molecule has 3 nitrogen and oxygen atoms in total. The maximum Gasteiger partial charge on any atom is 0.151 e. The van der Waals surface area contributed by atoms with E-state index in [0.29, 0.717) is 29.3 Å². The Kier molecular flexibility index (Phi) is 2.56. The fraction of sp³-hybridized carbons (Fsp3) is 0.100. The Balaban J connectivity index is 3.48. The van der Waals surface area contributed by atoms with Gasteiger partial charge in [-0.1, -0.05) is 0 Å². The maximum atomic E-state index is 10.5.